The molecular weight excluding hydrogens is 194 g/mol. The second-order valence-corrected chi connectivity index (χ2v) is 3.47. The lowest BCUT2D eigenvalue weighted by Gasteiger charge is -2.15. The van der Waals surface area contributed by atoms with Gasteiger partial charge in [-0.2, -0.15) is 0 Å². The van der Waals surface area contributed by atoms with Crippen LogP contribution in [0.4, 0.5) is 0 Å². The van der Waals surface area contributed by atoms with E-state index < -0.39 is 0 Å². The molecule has 1 amide bonds. The van der Waals surface area contributed by atoms with Crippen LogP contribution in [-0.2, 0) is 9.53 Å². The maximum atomic E-state index is 10.9. The molecule has 90 valence electrons. The Hall–Kier alpha value is -0.650. The second kappa shape index (κ2) is 9.89. The normalized spacial score (nSPS) is 10.7. The maximum absolute atomic E-state index is 10.9. The number of hydrogen-bond acceptors (Lipinski definition) is 4. The molecule has 5 nitrogen and oxygen atoms in total. The van der Waals surface area contributed by atoms with Gasteiger partial charge in [0.1, 0.15) is 0 Å². The lowest BCUT2D eigenvalue weighted by molar-refractivity contribution is -0.120. The highest BCUT2D eigenvalue weighted by Gasteiger charge is 1.98. The highest BCUT2D eigenvalue weighted by Crippen LogP contribution is 1.81. The molecule has 0 aromatic carbocycles. The summed E-state index contributed by atoms with van der Waals surface area (Å²) in [7, 11) is 5.41. The van der Waals surface area contributed by atoms with Crippen LogP contribution in [0.1, 0.15) is 6.42 Å². The Morgan fingerprint density at radius 2 is 2.07 bits per heavy atom. The molecule has 0 aliphatic carbocycles. The van der Waals surface area contributed by atoms with E-state index in [1.54, 1.807) is 14.2 Å². The molecule has 0 bridgehead atoms. The van der Waals surface area contributed by atoms with Gasteiger partial charge in [-0.05, 0) is 7.05 Å². The molecule has 0 aromatic heterocycles. The van der Waals surface area contributed by atoms with E-state index in [0.717, 1.165) is 32.8 Å². The zero-order valence-corrected chi connectivity index (χ0v) is 10.0. The van der Waals surface area contributed by atoms with E-state index in [0.29, 0.717) is 6.42 Å². The molecule has 0 heterocycles. The van der Waals surface area contributed by atoms with Crippen LogP contribution in [0, 0.1) is 0 Å². The number of carbonyl (C=O) groups excluding carboxylic acids is 1. The third-order valence-electron chi connectivity index (χ3n) is 2.16. The second-order valence-electron chi connectivity index (χ2n) is 3.47. The van der Waals surface area contributed by atoms with Crippen molar-refractivity contribution in [3.05, 3.63) is 0 Å². The van der Waals surface area contributed by atoms with Gasteiger partial charge in [0.25, 0.3) is 0 Å². The molecular formula is C10H23N3O2. The lowest BCUT2D eigenvalue weighted by atomic mass is 10.4. The van der Waals surface area contributed by atoms with Crippen LogP contribution in [-0.4, -0.2) is 64.8 Å². The Morgan fingerprint density at radius 1 is 1.33 bits per heavy atom. The fraction of sp³-hybridized carbons (Fsp3) is 0.900. The molecule has 0 atom stereocenters. The van der Waals surface area contributed by atoms with Crippen LogP contribution in [0.5, 0.6) is 0 Å². The summed E-state index contributed by atoms with van der Waals surface area (Å²) in [5.41, 5.74) is 0. The van der Waals surface area contributed by atoms with Crippen LogP contribution in [0.15, 0.2) is 0 Å². The van der Waals surface area contributed by atoms with Gasteiger partial charge < -0.3 is 20.3 Å². The van der Waals surface area contributed by atoms with Crippen molar-refractivity contribution in [2.45, 2.75) is 6.42 Å². The van der Waals surface area contributed by atoms with Crippen molar-refractivity contribution >= 4 is 5.91 Å². The van der Waals surface area contributed by atoms with Gasteiger partial charge in [0.05, 0.1) is 6.61 Å². The van der Waals surface area contributed by atoms with Crippen molar-refractivity contribution in [3.63, 3.8) is 0 Å². The van der Waals surface area contributed by atoms with E-state index in [-0.39, 0.29) is 5.91 Å². The summed E-state index contributed by atoms with van der Waals surface area (Å²) in [6.07, 6.45) is 0.540. The van der Waals surface area contributed by atoms with Crippen molar-refractivity contribution in [1.29, 1.82) is 0 Å². The number of carbonyl (C=O) groups is 1. The number of amides is 1. The molecule has 5 heteroatoms. The molecule has 0 unspecified atom stereocenters. The number of methoxy groups -OCH3 is 1. The van der Waals surface area contributed by atoms with Crippen molar-refractivity contribution < 1.29 is 9.53 Å². The average molecular weight is 217 g/mol. The van der Waals surface area contributed by atoms with Crippen molar-refractivity contribution in [1.82, 2.24) is 15.5 Å². The van der Waals surface area contributed by atoms with Gasteiger partial charge in [-0.15, -0.1) is 0 Å². The summed E-state index contributed by atoms with van der Waals surface area (Å²) in [5, 5.41) is 5.80. The fourth-order valence-electron chi connectivity index (χ4n) is 1.08. The van der Waals surface area contributed by atoms with Crippen molar-refractivity contribution in [3.8, 4) is 0 Å². The molecule has 0 aliphatic rings. The summed E-state index contributed by atoms with van der Waals surface area (Å²) in [6.45, 7) is 4.30. The molecule has 0 saturated carbocycles. The fourth-order valence-corrected chi connectivity index (χ4v) is 1.08. The number of nitrogens with zero attached hydrogens (tertiary/aromatic N) is 1. The van der Waals surface area contributed by atoms with E-state index in [2.05, 4.69) is 22.6 Å². The first-order chi connectivity index (χ1) is 7.20. The van der Waals surface area contributed by atoms with Crippen LogP contribution in [0.3, 0.4) is 0 Å². The number of likely N-dealkylation sites (N-methyl/N-ethyl adjacent to an activating group) is 1. The van der Waals surface area contributed by atoms with Crippen molar-refractivity contribution in [2.75, 3.05) is 54.0 Å². The van der Waals surface area contributed by atoms with Gasteiger partial charge in [0.15, 0.2) is 0 Å². The lowest BCUT2D eigenvalue weighted by Crippen LogP contribution is -2.33. The van der Waals surface area contributed by atoms with Gasteiger partial charge >= 0.3 is 0 Å². The highest BCUT2D eigenvalue weighted by molar-refractivity contribution is 5.75. The third kappa shape index (κ3) is 9.65. The molecule has 0 fully saturated rings. The molecule has 0 radical (unpaired) electrons. The monoisotopic (exact) mass is 217 g/mol. The van der Waals surface area contributed by atoms with E-state index in [1.807, 2.05) is 0 Å². The minimum Gasteiger partial charge on any atom is -0.383 e. The Balaban J connectivity index is 3.19. The zero-order chi connectivity index (χ0) is 11.5. The predicted octanol–water partition coefficient (Wildman–Crippen LogP) is -0.710. The number of ether oxygens (including phenoxy) is 1. The van der Waals surface area contributed by atoms with Crippen LogP contribution < -0.4 is 10.6 Å². The van der Waals surface area contributed by atoms with E-state index in [4.69, 9.17) is 4.74 Å². The smallest absolute Gasteiger partial charge is 0.221 e. The number of nitrogens with one attached hydrogen (secondary N) is 2. The first-order valence-corrected chi connectivity index (χ1v) is 5.29. The molecule has 0 aromatic rings. The molecule has 0 saturated heterocycles. The topological polar surface area (TPSA) is 53.6 Å². The van der Waals surface area contributed by atoms with Gasteiger partial charge in [-0.1, -0.05) is 0 Å². The molecule has 2 N–H and O–H groups in total. The minimum absolute atomic E-state index is 0.0789. The zero-order valence-electron chi connectivity index (χ0n) is 10.0. The summed E-state index contributed by atoms with van der Waals surface area (Å²) in [4.78, 5) is 13.1. The molecule has 0 spiro atoms. The van der Waals surface area contributed by atoms with Crippen molar-refractivity contribution in [2.24, 2.45) is 0 Å². The van der Waals surface area contributed by atoms with Gasteiger partial charge in [-0.3, -0.25) is 4.79 Å². The number of hydrogen-bond donors (Lipinski definition) is 2. The summed E-state index contributed by atoms with van der Waals surface area (Å²) in [5.74, 6) is 0.0789. The average Bonchev–Trinajstić information content (AvgIpc) is 2.25. The largest absolute Gasteiger partial charge is 0.383 e. The van der Waals surface area contributed by atoms with Gasteiger partial charge in [-0.25, -0.2) is 0 Å². The Labute approximate surface area is 92.2 Å². The maximum Gasteiger partial charge on any atom is 0.221 e. The summed E-state index contributed by atoms with van der Waals surface area (Å²) < 4.78 is 4.97. The number of rotatable bonds is 9. The first kappa shape index (κ1) is 14.3. The molecule has 15 heavy (non-hydrogen) atoms. The van der Waals surface area contributed by atoms with E-state index in [9.17, 15) is 4.79 Å². The quantitative estimate of drug-likeness (QED) is 0.501. The highest BCUT2D eigenvalue weighted by atomic mass is 16.5. The Morgan fingerprint density at radius 3 is 2.67 bits per heavy atom. The molecule has 0 rings (SSSR count). The third-order valence-corrected chi connectivity index (χ3v) is 2.16. The summed E-state index contributed by atoms with van der Waals surface area (Å²) >= 11 is 0. The Kier molecular flexibility index (Phi) is 9.46. The predicted molar refractivity (Wildman–Crippen MR) is 60.9 cm³/mol. The van der Waals surface area contributed by atoms with E-state index in [1.165, 1.54) is 0 Å². The minimum atomic E-state index is 0.0789. The van der Waals surface area contributed by atoms with E-state index >= 15 is 0 Å². The standard InChI is InChI=1S/C10H23N3O2/c1-11-10(14)4-5-12-6-7-13(2)8-9-15-3/h12H,4-9H2,1-3H3,(H,11,14). The Bertz CT molecular complexity index is 165. The van der Waals surface area contributed by atoms with Crippen LogP contribution in [0.2, 0.25) is 0 Å². The summed E-state index contributed by atoms with van der Waals surface area (Å²) in [6, 6.07) is 0. The van der Waals surface area contributed by atoms with Gasteiger partial charge in [0.2, 0.25) is 5.91 Å². The van der Waals surface area contributed by atoms with Gasteiger partial charge in [0, 0.05) is 46.8 Å². The first-order valence-electron chi connectivity index (χ1n) is 5.29. The molecule has 0 aliphatic heterocycles. The SMILES string of the molecule is CNC(=O)CCNCCN(C)CCOC. The van der Waals surface area contributed by atoms with Crippen LogP contribution >= 0.6 is 0 Å². The van der Waals surface area contributed by atoms with Crippen LogP contribution in [0.25, 0.3) is 0 Å².